The number of amides is 1. The molecule has 1 aliphatic carbocycles. The van der Waals surface area contributed by atoms with Crippen molar-refractivity contribution in [3.63, 3.8) is 0 Å². The van der Waals surface area contributed by atoms with Gasteiger partial charge in [-0.1, -0.05) is 31.0 Å². The number of hydrogen-bond donors (Lipinski definition) is 1. The molecule has 7 heteroatoms. The lowest BCUT2D eigenvalue weighted by molar-refractivity contribution is -0.126. The molecule has 0 saturated heterocycles. The number of aromatic nitrogens is 4. The van der Waals surface area contributed by atoms with E-state index in [1.165, 1.54) is 18.5 Å². The summed E-state index contributed by atoms with van der Waals surface area (Å²) in [6, 6.07) is 10.0. The van der Waals surface area contributed by atoms with Crippen LogP contribution in [-0.4, -0.2) is 25.7 Å². The topological polar surface area (TPSA) is 72.7 Å². The van der Waals surface area contributed by atoms with Gasteiger partial charge in [0, 0.05) is 18.3 Å². The molecule has 3 aromatic rings. The van der Waals surface area contributed by atoms with E-state index in [1.54, 1.807) is 29.3 Å². The average Bonchev–Trinajstić information content (AvgIpc) is 3.39. The molecule has 0 radical (unpaired) electrons. The second kappa shape index (κ2) is 7.26. The zero-order valence-corrected chi connectivity index (χ0v) is 14.8. The first kappa shape index (κ1) is 17.3. The Morgan fingerprint density at radius 3 is 2.67 bits per heavy atom. The number of hydrogen-bond acceptors (Lipinski definition) is 4. The van der Waals surface area contributed by atoms with E-state index < -0.39 is 5.41 Å². The van der Waals surface area contributed by atoms with Crippen molar-refractivity contribution in [3.05, 3.63) is 72.2 Å². The van der Waals surface area contributed by atoms with Gasteiger partial charge in [0.2, 0.25) is 5.91 Å². The Labute approximate surface area is 156 Å². The van der Waals surface area contributed by atoms with E-state index in [0.29, 0.717) is 12.4 Å². The molecular weight excluding hydrogens is 345 g/mol. The predicted octanol–water partition coefficient (Wildman–Crippen LogP) is 2.93. The maximum Gasteiger partial charge on any atom is 0.230 e. The van der Waals surface area contributed by atoms with Crippen molar-refractivity contribution >= 4 is 5.91 Å². The molecular formula is C20H20FN5O. The first-order chi connectivity index (χ1) is 13.2. The van der Waals surface area contributed by atoms with Crippen LogP contribution in [-0.2, 0) is 16.8 Å². The fourth-order valence-corrected chi connectivity index (χ4v) is 3.83. The Kier molecular flexibility index (Phi) is 4.66. The number of nitrogens with one attached hydrogen (secondary N) is 1. The Morgan fingerprint density at radius 1 is 1.19 bits per heavy atom. The van der Waals surface area contributed by atoms with Crippen molar-refractivity contribution in [2.75, 3.05) is 0 Å². The van der Waals surface area contributed by atoms with Crippen LogP contribution in [0.2, 0.25) is 0 Å². The van der Waals surface area contributed by atoms with Gasteiger partial charge in [-0.05, 0) is 36.6 Å². The molecule has 4 rings (SSSR count). The number of benzene rings is 1. The van der Waals surface area contributed by atoms with Gasteiger partial charge in [0.05, 0.1) is 5.41 Å². The molecule has 0 aliphatic heterocycles. The van der Waals surface area contributed by atoms with Crippen molar-refractivity contribution in [2.45, 2.75) is 37.6 Å². The standard InChI is InChI=1S/C20H20FN5O/c21-17-7-5-16(6-8-17)20(9-1-2-10-20)19(27)24-12-15-4-3-11-23-18(15)26-14-22-13-25-26/h3-8,11,13-14H,1-2,9-10,12H2,(H,24,27). The quantitative estimate of drug-likeness (QED) is 0.755. The molecule has 1 fully saturated rings. The largest absolute Gasteiger partial charge is 0.351 e. The Hall–Kier alpha value is -3.09. The molecule has 0 spiro atoms. The number of carbonyl (C=O) groups is 1. The van der Waals surface area contributed by atoms with Gasteiger partial charge in [0.1, 0.15) is 18.5 Å². The highest BCUT2D eigenvalue weighted by Gasteiger charge is 2.42. The number of pyridine rings is 1. The minimum Gasteiger partial charge on any atom is -0.351 e. The lowest BCUT2D eigenvalue weighted by Crippen LogP contribution is -2.42. The first-order valence-corrected chi connectivity index (χ1v) is 9.02. The van der Waals surface area contributed by atoms with Gasteiger partial charge in [-0.3, -0.25) is 4.79 Å². The summed E-state index contributed by atoms with van der Waals surface area (Å²) in [5.74, 6) is 0.317. The van der Waals surface area contributed by atoms with Gasteiger partial charge >= 0.3 is 0 Å². The van der Waals surface area contributed by atoms with E-state index in [2.05, 4.69) is 20.4 Å². The van der Waals surface area contributed by atoms with E-state index in [-0.39, 0.29) is 11.7 Å². The highest BCUT2D eigenvalue weighted by molar-refractivity contribution is 5.88. The second-order valence-electron chi connectivity index (χ2n) is 6.80. The molecule has 0 bridgehead atoms. The Balaban J connectivity index is 1.56. The zero-order valence-electron chi connectivity index (χ0n) is 14.8. The third kappa shape index (κ3) is 3.32. The zero-order chi connectivity index (χ0) is 18.7. The molecule has 1 amide bonds. The van der Waals surface area contributed by atoms with Crippen molar-refractivity contribution < 1.29 is 9.18 Å². The minimum atomic E-state index is -0.594. The molecule has 138 valence electrons. The SMILES string of the molecule is O=C(NCc1cccnc1-n1cncn1)C1(c2ccc(F)cc2)CCCC1. The minimum absolute atomic E-state index is 0.0278. The van der Waals surface area contributed by atoms with E-state index in [9.17, 15) is 9.18 Å². The fourth-order valence-electron chi connectivity index (χ4n) is 3.83. The number of rotatable bonds is 5. The predicted molar refractivity (Wildman–Crippen MR) is 97.5 cm³/mol. The average molecular weight is 365 g/mol. The maximum absolute atomic E-state index is 13.3. The van der Waals surface area contributed by atoms with Crippen LogP contribution in [0.25, 0.3) is 5.82 Å². The lowest BCUT2D eigenvalue weighted by Gasteiger charge is -2.28. The Morgan fingerprint density at radius 2 is 1.96 bits per heavy atom. The summed E-state index contributed by atoms with van der Waals surface area (Å²) in [4.78, 5) is 21.5. The van der Waals surface area contributed by atoms with Gasteiger partial charge in [-0.15, -0.1) is 0 Å². The fraction of sp³-hybridized carbons (Fsp3) is 0.300. The summed E-state index contributed by atoms with van der Waals surface area (Å²) >= 11 is 0. The summed E-state index contributed by atoms with van der Waals surface area (Å²) in [5.41, 5.74) is 1.13. The van der Waals surface area contributed by atoms with Crippen molar-refractivity contribution in [1.82, 2.24) is 25.1 Å². The van der Waals surface area contributed by atoms with Crippen LogP contribution in [0.5, 0.6) is 0 Å². The van der Waals surface area contributed by atoms with E-state index in [1.807, 2.05) is 12.1 Å². The first-order valence-electron chi connectivity index (χ1n) is 9.02. The molecule has 1 N–H and O–H groups in total. The van der Waals surface area contributed by atoms with Gasteiger partial charge in [0.15, 0.2) is 5.82 Å². The van der Waals surface area contributed by atoms with Crippen LogP contribution in [0.4, 0.5) is 4.39 Å². The second-order valence-corrected chi connectivity index (χ2v) is 6.80. The van der Waals surface area contributed by atoms with Gasteiger partial charge < -0.3 is 5.32 Å². The Bertz CT molecular complexity index is 918. The lowest BCUT2D eigenvalue weighted by atomic mass is 9.78. The van der Waals surface area contributed by atoms with Gasteiger partial charge in [-0.2, -0.15) is 5.10 Å². The number of nitrogens with zero attached hydrogens (tertiary/aromatic N) is 4. The van der Waals surface area contributed by atoms with Gasteiger partial charge in [0.25, 0.3) is 0 Å². The molecule has 1 aromatic carbocycles. The third-order valence-electron chi connectivity index (χ3n) is 5.23. The summed E-state index contributed by atoms with van der Waals surface area (Å²) in [5, 5.41) is 7.18. The van der Waals surface area contributed by atoms with Crippen LogP contribution in [0.15, 0.2) is 55.2 Å². The smallest absolute Gasteiger partial charge is 0.230 e. The molecule has 2 aromatic heterocycles. The van der Waals surface area contributed by atoms with E-state index in [4.69, 9.17) is 0 Å². The summed E-state index contributed by atoms with van der Waals surface area (Å²) < 4.78 is 14.9. The molecule has 1 saturated carbocycles. The molecule has 0 atom stereocenters. The van der Waals surface area contributed by atoms with E-state index >= 15 is 0 Å². The molecule has 27 heavy (non-hydrogen) atoms. The molecule has 6 nitrogen and oxygen atoms in total. The molecule has 1 aliphatic rings. The van der Waals surface area contributed by atoms with Crippen LogP contribution in [0.1, 0.15) is 36.8 Å². The van der Waals surface area contributed by atoms with Crippen LogP contribution < -0.4 is 5.32 Å². The highest BCUT2D eigenvalue weighted by atomic mass is 19.1. The van der Waals surface area contributed by atoms with Gasteiger partial charge in [-0.25, -0.2) is 19.0 Å². The summed E-state index contributed by atoms with van der Waals surface area (Å²) in [6.45, 7) is 0.338. The number of halogens is 1. The van der Waals surface area contributed by atoms with E-state index in [0.717, 1.165) is 36.8 Å². The van der Waals surface area contributed by atoms with Crippen LogP contribution >= 0.6 is 0 Å². The van der Waals surface area contributed by atoms with Crippen LogP contribution in [0, 0.1) is 5.82 Å². The summed E-state index contributed by atoms with van der Waals surface area (Å²) in [6.07, 6.45) is 8.22. The van der Waals surface area contributed by atoms with Crippen LogP contribution in [0.3, 0.4) is 0 Å². The maximum atomic E-state index is 13.3. The highest BCUT2D eigenvalue weighted by Crippen LogP contribution is 2.41. The third-order valence-corrected chi connectivity index (χ3v) is 5.23. The van der Waals surface area contributed by atoms with Crippen molar-refractivity contribution in [2.24, 2.45) is 0 Å². The summed E-state index contributed by atoms with van der Waals surface area (Å²) in [7, 11) is 0. The van der Waals surface area contributed by atoms with Crippen molar-refractivity contribution in [3.8, 4) is 5.82 Å². The molecule has 2 heterocycles. The monoisotopic (exact) mass is 365 g/mol. The number of carbonyl (C=O) groups excluding carboxylic acids is 1. The van der Waals surface area contributed by atoms with Crippen molar-refractivity contribution in [1.29, 1.82) is 0 Å². The normalized spacial score (nSPS) is 15.6. The molecule has 0 unspecified atom stereocenters.